The van der Waals surface area contributed by atoms with Crippen LogP contribution in [0.2, 0.25) is 0 Å². The molecule has 7 nitrogen and oxygen atoms in total. The van der Waals surface area contributed by atoms with Gasteiger partial charge in [0.05, 0.1) is 37.1 Å². The van der Waals surface area contributed by atoms with Crippen LogP contribution in [0.3, 0.4) is 0 Å². The fourth-order valence-corrected chi connectivity index (χ4v) is 3.61. The van der Waals surface area contributed by atoms with Crippen molar-refractivity contribution in [2.24, 2.45) is 0 Å². The minimum absolute atomic E-state index is 0.0612. The van der Waals surface area contributed by atoms with Gasteiger partial charge < -0.3 is 25.4 Å². The number of hydrogen-bond donors (Lipinski definition) is 2. The van der Waals surface area contributed by atoms with Gasteiger partial charge in [0.15, 0.2) is 0 Å². The van der Waals surface area contributed by atoms with Crippen LogP contribution in [0.5, 0.6) is 5.75 Å². The summed E-state index contributed by atoms with van der Waals surface area (Å²) < 4.78 is 52.6. The molecular weight excluding hydrogens is 423 g/mol. The van der Waals surface area contributed by atoms with Crippen LogP contribution in [0, 0.1) is 0 Å². The Balaban J connectivity index is 1.87. The van der Waals surface area contributed by atoms with Crippen molar-refractivity contribution >= 4 is 23.0 Å². The number of methoxy groups -OCH3 is 1. The normalized spacial score (nSPS) is 14.3. The average molecular weight is 445 g/mol. The molecule has 3 aromatic rings. The van der Waals surface area contributed by atoms with Crippen LogP contribution in [-0.4, -0.2) is 43.4 Å². The Kier molecular flexibility index (Phi) is 6.04. The van der Waals surface area contributed by atoms with Crippen LogP contribution in [-0.2, 0) is 10.9 Å². The van der Waals surface area contributed by atoms with Crippen molar-refractivity contribution in [1.29, 1.82) is 0 Å². The topological polar surface area (TPSA) is 85.5 Å². The highest BCUT2D eigenvalue weighted by molar-refractivity contribution is 5.92. The maximum Gasteiger partial charge on any atom is 0.419 e. The van der Waals surface area contributed by atoms with Gasteiger partial charge in [-0.2, -0.15) is 13.2 Å². The molecule has 10 heteroatoms. The number of hydrogen-bond acceptors (Lipinski definition) is 7. The SMILES string of the molecule is COc1cc(N2CCOCC2)ccc1-c1c(N)ncc(C(F)(F)F)c1Nc1ccccn1. The lowest BCUT2D eigenvalue weighted by molar-refractivity contribution is -0.137. The van der Waals surface area contributed by atoms with Crippen LogP contribution < -0.4 is 20.7 Å². The Morgan fingerprint density at radius 1 is 1.12 bits per heavy atom. The molecule has 0 aliphatic carbocycles. The maximum absolute atomic E-state index is 13.9. The molecule has 1 fully saturated rings. The van der Waals surface area contributed by atoms with E-state index in [4.69, 9.17) is 15.2 Å². The molecule has 2 aromatic heterocycles. The van der Waals surface area contributed by atoms with Crippen molar-refractivity contribution in [3.8, 4) is 16.9 Å². The van der Waals surface area contributed by atoms with Gasteiger partial charge in [-0.1, -0.05) is 6.07 Å². The van der Waals surface area contributed by atoms with Crippen LogP contribution in [0.4, 0.5) is 36.2 Å². The van der Waals surface area contributed by atoms with Crippen LogP contribution in [0.25, 0.3) is 11.1 Å². The summed E-state index contributed by atoms with van der Waals surface area (Å²) in [6.07, 6.45) is -2.45. The van der Waals surface area contributed by atoms with E-state index in [9.17, 15) is 13.2 Å². The molecule has 1 aliphatic heterocycles. The number of nitrogen functional groups attached to an aromatic ring is 1. The van der Waals surface area contributed by atoms with Gasteiger partial charge in [-0.15, -0.1) is 0 Å². The molecule has 0 amide bonds. The van der Waals surface area contributed by atoms with Gasteiger partial charge in [0.2, 0.25) is 0 Å². The molecule has 0 radical (unpaired) electrons. The monoisotopic (exact) mass is 445 g/mol. The first-order valence-corrected chi connectivity index (χ1v) is 9.93. The predicted octanol–water partition coefficient (Wildman–Crippen LogP) is 4.33. The Labute approximate surface area is 183 Å². The molecule has 0 bridgehead atoms. The summed E-state index contributed by atoms with van der Waals surface area (Å²) in [6, 6.07) is 10.2. The Bertz CT molecular complexity index is 1090. The van der Waals surface area contributed by atoms with E-state index in [1.54, 1.807) is 30.3 Å². The maximum atomic E-state index is 13.9. The van der Waals surface area contributed by atoms with Crippen molar-refractivity contribution in [2.45, 2.75) is 6.18 Å². The van der Waals surface area contributed by atoms with E-state index in [0.29, 0.717) is 37.6 Å². The number of halogens is 3. The van der Waals surface area contributed by atoms with E-state index in [2.05, 4.69) is 20.2 Å². The van der Waals surface area contributed by atoms with Gasteiger partial charge in [-0.05, 0) is 24.3 Å². The van der Waals surface area contributed by atoms with E-state index in [0.717, 1.165) is 11.9 Å². The quantitative estimate of drug-likeness (QED) is 0.605. The summed E-state index contributed by atoms with van der Waals surface area (Å²) in [5, 5.41) is 2.78. The van der Waals surface area contributed by atoms with Crippen LogP contribution >= 0.6 is 0 Å². The van der Waals surface area contributed by atoms with Crippen molar-refractivity contribution < 1.29 is 22.6 Å². The molecule has 4 rings (SSSR count). The first-order chi connectivity index (χ1) is 15.4. The zero-order chi connectivity index (χ0) is 22.7. The first kappa shape index (κ1) is 21.7. The zero-order valence-corrected chi connectivity index (χ0v) is 17.3. The minimum Gasteiger partial charge on any atom is -0.496 e. The molecule has 0 unspecified atom stereocenters. The van der Waals surface area contributed by atoms with Gasteiger partial charge >= 0.3 is 6.18 Å². The molecular formula is C22H22F3N5O2. The zero-order valence-electron chi connectivity index (χ0n) is 17.3. The van der Waals surface area contributed by atoms with Gasteiger partial charge in [0.1, 0.15) is 17.4 Å². The second-order valence-corrected chi connectivity index (χ2v) is 7.13. The molecule has 0 atom stereocenters. The third-order valence-electron chi connectivity index (χ3n) is 5.16. The number of nitrogens with one attached hydrogen (secondary N) is 1. The largest absolute Gasteiger partial charge is 0.496 e. The van der Waals surface area contributed by atoms with Crippen molar-refractivity contribution in [1.82, 2.24) is 9.97 Å². The number of aromatic nitrogens is 2. The molecule has 3 heterocycles. The molecule has 32 heavy (non-hydrogen) atoms. The summed E-state index contributed by atoms with van der Waals surface area (Å²) >= 11 is 0. The van der Waals surface area contributed by atoms with E-state index >= 15 is 0 Å². The Morgan fingerprint density at radius 2 is 1.91 bits per heavy atom. The summed E-state index contributed by atoms with van der Waals surface area (Å²) in [6.45, 7) is 2.63. The van der Waals surface area contributed by atoms with Gasteiger partial charge in [-0.25, -0.2) is 9.97 Å². The molecule has 168 valence electrons. The molecule has 3 N–H and O–H groups in total. The second kappa shape index (κ2) is 8.91. The summed E-state index contributed by atoms with van der Waals surface area (Å²) in [7, 11) is 1.46. The highest BCUT2D eigenvalue weighted by Crippen LogP contribution is 2.46. The van der Waals surface area contributed by atoms with Crippen LogP contribution in [0.15, 0.2) is 48.8 Å². The number of nitrogens with zero attached hydrogens (tertiary/aromatic N) is 3. The highest BCUT2D eigenvalue weighted by atomic mass is 19.4. The average Bonchev–Trinajstić information content (AvgIpc) is 2.79. The molecule has 1 aliphatic rings. The number of benzene rings is 1. The third-order valence-corrected chi connectivity index (χ3v) is 5.16. The number of rotatable bonds is 5. The fraction of sp³-hybridized carbons (Fsp3) is 0.273. The predicted molar refractivity (Wildman–Crippen MR) is 116 cm³/mol. The first-order valence-electron chi connectivity index (χ1n) is 9.93. The number of anilines is 4. The molecule has 0 spiro atoms. The number of pyridine rings is 2. The van der Waals surface area contributed by atoms with Crippen molar-refractivity contribution in [2.75, 3.05) is 49.4 Å². The number of morpholine rings is 1. The fourth-order valence-electron chi connectivity index (χ4n) is 3.61. The summed E-state index contributed by atoms with van der Waals surface area (Å²) in [4.78, 5) is 10.0. The second-order valence-electron chi connectivity index (χ2n) is 7.13. The van der Waals surface area contributed by atoms with E-state index in [-0.39, 0.29) is 22.9 Å². The molecule has 1 saturated heterocycles. The summed E-state index contributed by atoms with van der Waals surface area (Å²) in [5.41, 5.74) is 6.28. The minimum atomic E-state index is -4.66. The van der Waals surface area contributed by atoms with Gasteiger partial charge in [-0.3, -0.25) is 0 Å². The number of nitrogens with two attached hydrogens (primary N) is 1. The van der Waals surface area contributed by atoms with Gasteiger partial charge in [0.25, 0.3) is 0 Å². The highest BCUT2D eigenvalue weighted by Gasteiger charge is 2.36. The smallest absolute Gasteiger partial charge is 0.419 e. The lowest BCUT2D eigenvalue weighted by Gasteiger charge is -2.29. The lowest BCUT2D eigenvalue weighted by atomic mass is 9.99. The van der Waals surface area contributed by atoms with Crippen molar-refractivity contribution in [3.05, 3.63) is 54.4 Å². The Hall–Kier alpha value is -3.53. The Morgan fingerprint density at radius 3 is 2.56 bits per heavy atom. The van der Waals surface area contributed by atoms with Gasteiger partial charge in [0, 0.05) is 42.8 Å². The standard InChI is InChI=1S/C22H22F3N5O2/c1-31-17-12-14(30-8-10-32-11-9-30)5-6-15(17)19-20(29-18-4-2-3-7-27-18)16(22(23,24)25)13-28-21(19)26/h2-7,12-13H,8-11H2,1H3,(H3,26,27,28,29). The van der Waals surface area contributed by atoms with Crippen molar-refractivity contribution in [3.63, 3.8) is 0 Å². The van der Waals surface area contributed by atoms with E-state index < -0.39 is 11.7 Å². The van der Waals surface area contributed by atoms with E-state index in [1.807, 2.05) is 6.07 Å². The summed E-state index contributed by atoms with van der Waals surface area (Å²) in [5.74, 6) is 0.563. The number of ether oxygens (including phenoxy) is 2. The van der Waals surface area contributed by atoms with Crippen LogP contribution in [0.1, 0.15) is 5.56 Å². The molecule has 1 aromatic carbocycles. The lowest BCUT2D eigenvalue weighted by Crippen LogP contribution is -2.36. The van der Waals surface area contributed by atoms with E-state index in [1.165, 1.54) is 13.3 Å². The third kappa shape index (κ3) is 4.40. The molecule has 0 saturated carbocycles. The number of alkyl halides is 3.